The van der Waals surface area contributed by atoms with Gasteiger partial charge in [0.1, 0.15) is 11.0 Å². The first kappa shape index (κ1) is 13.4. The highest BCUT2D eigenvalue weighted by atomic mass is 15.1. The van der Waals surface area contributed by atoms with Gasteiger partial charge in [0.2, 0.25) is 5.95 Å². The molecule has 3 heterocycles. The van der Waals surface area contributed by atoms with E-state index in [9.17, 15) is 0 Å². The summed E-state index contributed by atoms with van der Waals surface area (Å²) < 4.78 is 2.07. The van der Waals surface area contributed by atoms with Gasteiger partial charge in [-0.15, -0.1) is 0 Å². The number of imidazole rings is 1. The van der Waals surface area contributed by atoms with Crippen molar-refractivity contribution in [3.05, 3.63) is 35.1 Å². The van der Waals surface area contributed by atoms with Crippen molar-refractivity contribution in [1.29, 1.82) is 0 Å². The Hall–Kier alpha value is -2.63. The molecule has 0 aromatic carbocycles. The fourth-order valence-electron chi connectivity index (χ4n) is 2.65. The van der Waals surface area contributed by atoms with Crippen molar-refractivity contribution in [2.45, 2.75) is 6.92 Å². The number of hydrogen-bond donors (Lipinski definition) is 1. The van der Waals surface area contributed by atoms with E-state index in [4.69, 9.17) is 10.7 Å². The van der Waals surface area contributed by atoms with Gasteiger partial charge in [-0.3, -0.25) is 0 Å². The van der Waals surface area contributed by atoms with Crippen LogP contribution in [0.25, 0.3) is 23.3 Å². The molecule has 0 saturated carbocycles. The molecule has 0 unspecified atom stereocenters. The van der Waals surface area contributed by atoms with E-state index in [1.54, 1.807) is 6.20 Å². The molecule has 0 amide bonds. The third kappa shape index (κ3) is 2.29. The zero-order valence-electron chi connectivity index (χ0n) is 12.4. The normalized spacial score (nSPS) is 14.4. The number of nitrogen functional groups attached to an aromatic ring is 1. The first-order valence-electron chi connectivity index (χ1n) is 6.79. The van der Waals surface area contributed by atoms with Crippen LogP contribution >= 0.6 is 0 Å². The number of nitrogens with zero attached hydrogens (tertiary/aromatic N) is 5. The minimum absolute atomic E-state index is 0.257. The van der Waals surface area contributed by atoms with Crippen LogP contribution in [-0.4, -0.2) is 38.0 Å². The highest BCUT2D eigenvalue weighted by Crippen LogP contribution is 2.12. The molecule has 6 nitrogen and oxygen atoms in total. The van der Waals surface area contributed by atoms with Crippen LogP contribution in [0.5, 0.6) is 0 Å². The summed E-state index contributed by atoms with van der Waals surface area (Å²) in [4.78, 5) is 15.0. The molecule has 2 N–H and O–H groups in total. The van der Waals surface area contributed by atoms with Crippen molar-refractivity contribution in [2.24, 2.45) is 7.05 Å². The molecule has 2 aromatic rings. The molecule has 108 valence electrons. The Bertz CT molecular complexity index is 830. The molecule has 0 spiro atoms. The molecule has 21 heavy (non-hydrogen) atoms. The monoisotopic (exact) mass is 282 g/mol. The maximum absolute atomic E-state index is 5.67. The molecule has 6 heteroatoms. The van der Waals surface area contributed by atoms with E-state index in [0.717, 1.165) is 28.8 Å². The summed E-state index contributed by atoms with van der Waals surface area (Å²) in [6.07, 6.45) is 7.88. The maximum atomic E-state index is 5.67. The molecule has 2 aromatic heterocycles. The number of hydrogen-bond acceptors (Lipinski definition) is 5. The quantitative estimate of drug-likeness (QED) is 0.830. The predicted octanol–water partition coefficient (Wildman–Crippen LogP) is -0.130. The number of nitrogens with two attached hydrogens (primary N) is 1. The highest BCUT2D eigenvalue weighted by molar-refractivity contribution is 5.62. The second-order valence-corrected chi connectivity index (χ2v) is 5.10. The summed E-state index contributed by atoms with van der Waals surface area (Å²) in [6.45, 7) is 2.88. The molecule has 0 aliphatic carbocycles. The molecule has 1 aliphatic heterocycles. The van der Waals surface area contributed by atoms with Crippen LogP contribution in [0.2, 0.25) is 0 Å². The minimum Gasteiger partial charge on any atom is -0.374 e. The van der Waals surface area contributed by atoms with Crippen molar-refractivity contribution < 1.29 is 0 Å². The van der Waals surface area contributed by atoms with Gasteiger partial charge in [0.05, 0.1) is 5.35 Å². The van der Waals surface area contributed by atoms with E-state index < -0.39 is 0 Å². The van der Waals surface area contributed by atoms with E-state index in [-0.39, 0.29) is 5.95 Å². The number of anilines is 1. The number of fused-ring (bicyclic) bond motifs is 1. The van der Waals surface area contributed by atoms with E-state index in [1.807, 2.05) is 33.2 Å². The zero-order valence-corrected chi connectivity index (χ0v) is 12.4. The second-order valence-electron chi connectivity index (χ2n) is 5.10. The van der Waals surface area contributed by atoms with Gasteiger partial charge in [0.25, 0.3) is 0 Å². The average molecular weight is 282 g/mol. The summed E-state index contributed by atoms with van der Waals surface area (Å²) in [5.41, 5.74) is 7.64. The molecule has 0 atom stereocenters. The van der Waals surface area contributed by atoms with Gasteiger partial charge in [-0.25, -0.2) is 15.0 Å². The molecular weight excluding hydrogens is 264 g/mol. The first-order valence-corrected chi connectivity index (χ1v) is 6.79. The SMILES string of the molecule is C/C=C\C1=c2c(nc(-c3ccnc(N)n3)n2C)=CN(C)C1. The lowest BCUT2D eigenvalue weighted by atomic mass is 10.2. The fourth-order valence-corrected chi connectivity index (χ4v) is 2.65. The summed E-state index contributed by atoms with van der Waals surface area (Å²) in [5, 5.41) is 2.07. The van der Waals surface area contributed by atoms with Gasteiger partial charge in [-0.05, 0) is 18.6 Å². The van der Waals surface area contributed by atoms with Gasteiger partial charge < -0.3 is 15.2 Å². The Morgan fingerprint density at radius 1 is 1.29 bits per heavy atom. The molecule has 0 saturated heterocycles. The van der Waals surface area contributed by atoms with Crippen molar-refractivity contribution in [3.8, 4) is 11.5 Å². The summed E-state index contributed by atoms with van der Waals surface area (Å²) in [5.74, 6) is 1.05. The van der Waals surface area contributed by atoms with Crippen molar-refractivity contribution in [2.75, 3.05) is 19.3 Å². The molecule has 0 radical (unpaired) electrons. The van der Waals surface area contributed by atoms with Gasteiger partial charge in [-0.1, -0.05) is 12.2 Å². The average Bonchev–Trinajstić information content (AvgIpc) is 2.76. The van der Waals surface area contributed by atoms with E-state index in [2.05, 4.69) is 31.7 Å². The number of allylic oxidation sites excluding steroid dienone is 1. The Balaban J connectivity index is 2.31. The van der Waals surface area contributed by atoms with Crippen LogP contribution in [0.4, 0.5) is 5.95 Å². The summed E-state index contributed by atoms with van der Waals surface area (Å²) >= 11 is 0. The van der Waals surface area contributed by atoms with Gasteiger partial charge in [-0.2, -0.15) is 0 Å². The number of rotatable bonds is 2. The van der Waals surface area contributed by atoms with E-state index in [1.165, 1.54) is 5.57 Å². The van der Waals surface area contributed by atoms with Crippen molar-refractivity contribution in [3.63, 3.8) is 0 Å². The van der Waals surface area contributed by atoms with E-state index >= 15 is 0 Å². The van der Waals surface area contributed by atoms with Gasteiger partial charge in [0, 0.05) is 33.0 Å². The maximum Gasteiger partial charge on any atom is 0.220 e. The fraction of sp³-hybridized carbons (Fsp3) is 0.267. The molecule has 0 bridgehead atoms. The highest BCUT2D eigenvalue weighted by Gasteiger charge is 2.15. The van der Waals surface area contributed by atoms with Crippen LogP contribution in [0.1, 0.15) is 6.92 Å². The van der Waals surface area contributed by atoms with Crippen molar-refractivity contribution >= 4 is 17.7 Å². The largest absolute Gasteiger partial charge is 0.374 e. The van der Waals surface area contributed by atoms with Crippen LogP contribution in [0, 0.1) is 0 Å². The van der Waals surface area contributed by atoms with Gasteiger partial charge >= 0.3 is 0 Å². The standard InChI is InChI=1S/C15H18N6/c1-4-5-10-8-20(2)9-12-13(10)21(3)14(18-12)11-6-7-17-15(16)19-11/h4-7,9H,8H2,1-3H3,(H2,16,17,19)/b5-4-. The van der Waals surface area contributed by atoms with Crippen LogP contribution < -0.4 is 16.4 Å². The topological polar surface area (TPSA) is 72.9 Å². The Kier molecular flexibility index (Phi) is 3.21. The Morgan fingerprint density at radius 3 is 2.81 bits per heavy atom. The first-order chi connectivity index (χ1) is 10.1. The Morgan fingerprint density at radius 2 is 2.10 bits per heavy atom. The summed E-state index contributed by atoms with van der Waals surface area (Å²) in [6, 6.07) is 1.82. The Labute approximate surface area is 123 Å². The smallest absolute Gasteiger partial charge is 0.220 e. The molecule has 1 aliphatic rings. The van der Waals surface area contributed by atoms with E-state index in [0.29, 0.717) is 0 Å². The van der Waals surface area contributed by atoms with Crippen LogP contribution in [-0.2, 0) is 7.05 Å². The third-order valence-corrected chi connectivity index (χ3v) is 3.46. The molecule has 3 rings (SSSR count). The number of aromatic nitrogens is 4. The molecule has 0 fully saturated rings. The van der Waals surface area contributed by atoms with Crippen LogP contribution in [0.15, 0.2) is 24.4 Å². The summed E-state index contributed by atoms with van der Waals surface area (Å²) in [7, 11) is 4.05. The second kappa shape index (κ2) is 5.05. The minimum atomic E-state index is 0.257. The third-order valence-electron chi connectivity index (χ3n) is 3.46. The lowest BCUT2D eigenvalue weighted by molar-refractivity contribution is 0.553. The van der Waals surface area contributed by atoms with Crippen molar-refractivity contribution in [1.82, 2.24) is 24.4 Å². The predicted molar refractivity (Wildman–Crippen MR) is 83.2 cm³/mol. The molecular formula is C15H18N6. The lowest BCUT2D eigenvalue weighted by Crippen LogP contribution is -2.39. The lowest BCUT2D eigenvalue weighted by Gasteiger charge is -2.17. The van der Waals surface area contributed by atoms with Crippen LogP contribution in [0.3, 0.4) is 0 Å². The van der Waals surface area contributed by atoms with Gasteiger partial charge in [0.15, 0.2) is 5.82 Å². The zero-order chi connectivity index (χ0) is 15.0.